The summed E-state index contributed by atoms with van der Waals surface area (Å²) in [6.07, 6.45) is 3.77. The van der Waals surface area contributed by atoms with Crippen LogP contribution < -0.4 is 20.5 Å². The van der Waals surface area contributed by atoms with E-state index in [0.29, 0.717) is 56.0 Å². The number of carbonyl (C=O) groups is 1. The Bertz CT molecular complexity index is 951. The van der Waals surface area contributed by atoms with Gasteiger partial charge in [0, 0.05) is 25.7 Å². The van der Waals surface area contributed by atoms with Gasteiger partial charge in [0.15, 0.2) is 0 Å². The van der Waals surface area contributed by atoms with Crippen LogP contribution in [-0.2, 0) is 16.0 Å². The zero-order valence-corrected chi connectivity index (χ0v) is 18.3. The van der Waals surface area contributed by atoms with Crippen LogP contribution in [0.2, 0.25) is 0 Å². The third kappa shape index (κ3) is 6.30. The summed E-state index contributed by atoms with van der Waals surface area (Å²) in [5.41, 5.74) is 0.341. The summed E-state index contributed by atoms with van der Waals surface area (Å²) in [6, 6.07) is 8.86. The minimum Gasteiger partial charge on any atom is -0.490 e. The number of amides is 1. The van der Waals surface area contributed by atoms with Crippen LogP contribution in [0, 0.1) is 0 Å². The standard InChI is InChI=1S/C23H31N5O4/c29-22(16-20-25-21(17-23(30)26-20)28-11-13-31-14-12-28)24-18-6-2-3-7-19(18)32-15-10-27-8-4-1-5-9-27/h2-3,6-7,17H,1,4-5,8-16H2,(H,24,29)(H,25,26,30). The van der Waals surface area contributed by atoms with Gasteiger partial charge in [-0.1, -0.05) is 18.6 Å². The quantitative estimate of drug-likeness (QED) is 0.643. The van der Waals surface area contributed by atoms with Gasteiger partial charge in [0.1, 0.15) is 24.0 Å². The van der Waals surface area contributed by atoms with Crippen molar-refractivity contribution in [2.24, 2.45) is 0 Å². The number of H-pyrrole nitrogens is 1. The second-order valence-corrected chi connectivity index (χ2v) is 8.12. The minimum absolute atomic E-state index is 0.0322. The van der Waals surface area contributed by atoms with Crippen molar-refractivity contribution >= 4 is 17.4 Å². The van der Waals surface area contributed by atoms with Crippen molar-refractivity contribution in [3.8, 4) is 5.75 Å². The molecule has 4 rings (SSSR count). The molecule has 1 amide bonds. The molecule has 0 bridgehead atoms. The Morgan fingerprint density at radius 2 is 1.91 bits per heavy atom. The highest BCUT2D eigenvalue weighted by atomic mass is 16.5. The molecule has 172 valence electrons. The lowest BCUT2D eigenvalue weighted by Gasteiger charge is -2.27. The number of likely N-dealkylation sites (tertiary alicyclic amines) is 1. The van der Waals surface area contributed by atoms with Crippen molar-refractivity contribution in [1.82, 2.24) is 14.9 Å². The topological polar surface area (TPSA) is 99.8 Å². The first-order valence-corrected chi connectivity index (χ1v) is 11.3. The predicted molar refractivity (Wildman–Crippen MR) is 122 cm³/mol. The summed E-state index contributed by atoms with van der Waals surface area (Å²) < 4.78 is 11.3. The lowest BCUT2D eigenvalue weighted by molar-refractivity contribution is -0.115. The van der Waals surface area contributed by atoms with Crippen molar-refractivity contribution in [3.63, 3.8) is 0 Å². The Labute approximate surface area is 187 Å². The number of nitrogens with zero attached hydrogens (tertiary/aromatic N) is 3. The molecule has 0 unspecified atom stereocenters. The molecule has 2 N–H and O–H groups in total. The number of ether oxygens (including phenoxy) is 2. The molecule has 32 heavy (non-hydrogen) atoms. The average molecular weight is 442 g/mol. The van der Waals surface area contributed by atoms with Crippen LogP contribution in [-0.4, -0.2) is 73.3 Å². The number of hydrogen-bond acceptors (Lipinski definition) is 7. The Balaban J connectivity index is 1.35. The van der Waals surface area contributed by atoms with Crippen molar-refractivity contribution in [2.75, 3.05) is 62.8 Å². The van der Waals surface area contributed by atoms with Gasteiger partial charge in [-0.15, -0.1) is 0 Å². The van der Waals surface area contributed by atoms with E-state index in [-0.39, 0.29) is 17.9 Å². The third-order valence-corrected chi connectivity index (χ3v) is 5.72. The van der Waals surface area contributed by atoms with Crippen LogP contribution in [0.15, 0.2) is 35.1 Å². The molecule has 0 radical (unpaired) electrons. The number of morpholine rings is 1. The van der Waals surface area contributed by atoms with E-state index in [1.807, 2.05) is 29.2 Å². The first-order valence-electron chi connectivity index (χ1n) is 11.3. The lowest BCUT2D eigenvalue weighted by Crippen LogP contribution is -2.37. The van der Waals surface area contributed by atoms with Crippen molar-refractivity contribution in [1.29, 1.82) is 0 Å². The van der Waals surface area contributed by atoms with Crippen LogP contribution >= 0.6 is 0 Å². The van der Waals surface area contributed by atoms with Crippen LogP contribution in [0.25, 0.3) is 0 Å². The SMILES string of the molecule is O=C(Cc1nc(N2CCOCC2)cc(=O)[nH]1)Nc1ccccc1OCCN1CCCCC1. The van der Waals surface area contributed by atoms with E-state index in [2.05, 4.69) is 20.2 Å². The fraction of sp³-hybridized carbons (Fsp3) is 0.522. The van der Waals surface area contributed by atoms with E-state index in [0.717, 1.165) is 19.6 Å². The molecule has 1 aromatic carbocycles. The highest BCUT2D eigenvalue weighted by molar-refractivity contribution is 5.93. The molecule has 0 atom stereocenters. The van der Waals surface area contributed by atoms with Crippen LogP contribution in [0.4, 0.5) is 11.5 Å². The number of aromatic nitrogens is 2. The number of nitrogens with one attached hydrogen (secondary N) is 2. The maximum absolute atomic E-state index is 12.7. The number of piperidine rings is 1. The largest absolute Gasteiger partial charge is 0.490 e. The van der Waals surface area contributed by atoms with E-state index in [9.17, 15) is 9.59 Å². The maximum atomic E-state index is 12.7. The van der Waals surface area contributed by atoms with Gasteiger partial charge in [-0.05, 0) is 38.1 Å². The number of anilines is 2. The van der Waals surface area contributed by atoms with Crippen LogP contribution in [0.1, 0.15) is 25.1 Å². The fourth-order valence-corrected chi connectivity index (χ4v) is 4.04. The molecule has 3 heterocycles. The number of para-hydroxylation sites is 2. The van der Waals surface area contributed by atoms with Gasteiger partial charge in [0.2, 0.25) is 5.91 Å². The van der Waals surface area contributed by atoms with E-state index < -0.39 is 0 Å². The molecule has 2 aliphatic rings. The first kappa shape index (κ1) is 22.3. The number of aromatic amines is 1. The van der Waals surface area contributed by atoms with Gasteiger partial charge in [0.05, 0.1) is 25.3 Å². The van der Waals surface area contributed by atoms with Crippen LogP contribution in [0.3, 0.4) is 0 Å². The maximum Gasteiger partial charge on any atom is 0.252 e. The monoisotopic (exact) mass is 441 g/mol. The van der Waals surface area contributed by atoms with Crippen molar-refractivity contribution in [3.05, 3.63) is 46.5 Å². The van der Waals surface area contributed by atoms with E-state index in [1.54, 1.807) is 0 Å². The lowest BCUT2D eigenvalue weighted by atomic mass is 10.1. The molecule has 9 nitrogen and oxygen atoms in total. The first-order chi connectivity index (χ1) is 15.7. The molecule has 9 heteroatoms. The van der Waals surface area contributed by atoms with Crippen molar-refractivity contribution in [2.45, 2.75) is 25.7 Å². The molecule has 1 aromatic heterocycles. The number of rotatable bonds is 8. The molecular formula is C23H31N5O4. The molecule has 0 saturated carbocycles. The number of carbonyl (C=O) groups excluding carboxylic acids is 1. The molecule has 2 aliphatic heterocycles. The zero-order chi connectivity index (χ0) is 22.2. The van der Waals surface area contributed by atoms with E-state index in [4.69, 9.17) is 9.47 Å². The molecule has 2 fully saturated rings. The number of hydrogen-bond donors (Lipinski definition) is 2. The smallest absolute Gasteiger partial charge is 0.252 e. The highest BCUT2D eigenvalue weighted by Crippen LogP contribution is 2.24. The third-order valence-electron chi connectivity index (χ3n) is 5.72. The summed E-state index contributed by atoms with van der Waals surface area (Å²) in [5.74, 6) is 1.28. The van der Waals surface area contributed by atoms with Gasteiger partial charge in [0.25, 0.3) is 5.56 Å². The van der Waals surface area contributed by atoms with Gasteiger partial charge in [-0.3, -0.25) is 14.5 Å². The van der Waals surface area contributed by atoms with E-state index in [1.165, 1.54) is 25.3 Å². The Morgan fingerprint density at radius 3 is 2.72 bits per heavy atom. The minimum atomic E-state index is -0.272. The molecule has 0 spiro atoms. The second kappa shape index (κ2) is 11.1. The van der Waals surface area contributed by atoms with Gasteiger partial charge in [-0.25, -0.2) is 4.98 Å². The molecule has 2 saturated heterocycles. The summed E-state index contributed by atoms with van der Waals surface area (Å²) in [6.45, 7) is 6.23. The second-order valence-electron chi connectivity index (χ2n) is 8.12. The van der Waals surface area contributed by atoms with Crippen LogP contribution in [0.5, 0.6) is 5.75 Å². The Morgan fingerprint density at radius 1 is 1.12 bits per heavy atom. The summed E-state index contributed by atoms with van der Waals surface area (Å²) >= 11 is 0. The fourth-order valence-electron chi connectivity index (χ4n) is 4.04. The van der Waals surface area contributed by atoms with Crippen molar-refractivity contribution < 1.29 is 14.3 Å². The number of benzene rings is 1. The Kier molecular flexibility index (Phi) is 7.73. The molecule has 0 aliphatic carbocycles. The van der Waals surface area contributed by atoms with Gasteiger partial charge in [-0.2, -0.15) is 0 Å². The predicted octanol–water partition coefficient (Wildman–Crippen LogP) is 1.65. The summed E-state index contributed by atoms with van der Waals surface area (Å²) in [7, 11) is 0. The average Bonchev–Trinajstić information content (AvgIpc) is 2.81. The summed E-state index contributed by atoms with van der Waals surface area (Å²) in [5, 5.41) is 2.89. The summed E-state index contributed by atoms with van der Waals surface area (Å²) in [4.78, 5) is 36.3. The van der Waals surface area contributed by atoms with Gasteiger partial charge < -0.3 is 24.7 Å². The van der Waals surface area contributed by atoms with E-state index >= 15 is 0 Å². The Hall–Kier alpha value is -2.91. The highest BCUT2D eigenvalue weighted by Gasteiger charge is 2.16. The molecule has 2 aromatic rings. The molecular weight excluding hydrogens is 410 g/mol. The normalized spacial score (nSPS) is 17.2. The van der Waals surface area contributed by atoms with Gasteiger partial charge >= 0.3 is 0 Å². The zero-order valence-electron chi connectivity index (χ0n) is 18.3.